The second kappa shape index (κ2) is 24.2. The Morgan fingerprint density at radius 3 is 0.705 bits per heavy atom. The summed E-state index contributed by atoms with van der Waals surface area (Å²) in [5.74, 6) is 2.93. The van der Waals surface area contributed by atoms with E-state index < -0.39 is 8.80 Å². The summed E-state index contributed by atoms with van der Waals surface area (Å²) in [6.07, 6.45) is 1.69. The number of benzene rings is 7. The monoisotopic (exact) mass is 1050 g/mol. The molecule has 78 heavy (non-hydrogen) atoms. The summed E-state index contributed by atoms with van der Waals surface area (Å²) in [4.78, 5) is 0. The SMILES string of the molecule is CC(C)c1cccc(C(C)C)c1-c1cccc(-c2c(C(C)C)cccc2C(C)C)c1Cc1cc(C(C)(C)C)cc(Cc2c(-c3c(C(C)C)cccc3C(C)C)cccc2-c2c(C(C)C)cccc2C(C)C)c1[Si](C)C(C)(C)C. The van der Waals surface area contributed by atoms with Gasteiger partial charge < -0.3 is 0 Å². The van der Waals surface area contributed by atoms with Gasteiger partial charge in [0.05, 0.1) is 8.80 Å². The molecule has 413 valence electrons. The fourth-order valence-corrected chi connectivity index (χ4v) is 14.7. The van der Waals surface area contributed by atoms with Crippen molar-refractivity contribution in [2.24, 2.45) is 0 Å². The van der Waals surface area contributed by atoms with Crippen molar-refractivity contribution in [2.75, 3.05) is 0 Å². The fourth-order valence-electron chi connectivity index (χ4n) is 12.7. The summed E-state index contributed by atoms with van der Waals surface area (Å²) < 4.78 is 0. The van der Waals surface area contributed by atoms with Gasteiger partial charge in [0, 0.05) is 0 Å². The molecule has 0 spiro atoms. The zero-order chi connectivity index (χ0) is 57.5. The highest BCUT2D eigenvalue weighted by Crippen LogP contribution is 2.48. The van der Waals surface area contributed by atoms with E-state index in [1.54, 1.807) is 5.19 Å². The molecule has 1 heteroatoms. The Morgan fingerprint density at radius 1 is 0.321 bits per heavy atom. The Labute approximate surface area is 479 Å². The lowest BCUT2D eigenvalue weighted by Crippen LogP contribution is -2.41. The molecule has 0 atom stereocenters. The topological polar surface area (TPSA) is 0 Å². The maximum absolute atomic E-state index is 2.69. The van der Waals surface area contributed by atoms with Crippen molar-refractivity contribution in [3.63, 3.8) is 0 Å². The second-order valence-corrected chi connectivity index (χ2v) is 31.0. The van der Waals surface area contributed by atoms with Crippen LogP contribution in [0.2, 0.25) is 11.6 Å². The molecule has 0 heterocycles. The summed E-state index contributed by atoms with van der Waals surface area (Å²) in [6.45, 7) is 55.8. The van der Waals surface area contributed by atoms with Crippen molar-refractivity contribution in [2.45, 2.75) is 230 Å². The van der Waals surface area contributed by atoms with Gasteiger partial charge in [-0.2, -0.15) is 0 Å². The van der Waals surface area contributed by atoms with Crippen molar-refractivity contribution in [1.29, 1.82) is 0 Å². The van der Waals surface area contributed by atoms with E-state index in [0.29, 0.717) is 47.3 Å². The molecule has 0 aliphatic rings. The van der Waals surface area contributed by atoms with E-state index in [2.05, 4.69) is 280 Å². The molecule has 7 aromatic rings. The van der Waals surface area contributed by atoms with Crippen LogP contribution in [0.25, 0.3) is 44.5 Å². The third-order valence-electron chi connectivity index (χ3n) is 17.3. The average Bonchev–Trinajstić information content (AvgIpc) is 3.36. The highest BCUT2D eigenvalue weighted by Gasteiger charge is 2.33. The molecule has 0 N–H and O–H groups in total. The third-order valence-corrected chi connectivity index (χ3v) is 21.0. The Kier molecular flexibility index (Phi) is 18.8. The molecule has 0 nitrogen and oxygen atoms in total. The van der Waals surface area contributed by atoms with Crippen LogP contribution in [0.3, 0.4) is 0 Å². The van der Waals surface area contributed by atoms with E-state index in [0.717, 1.165) is 12.8 Å². The van der Waals surface area contributed by atoms with Crippen LogP contribution in [0, 0.1) is 0 Å². The van der Waals surface area contributed by atoms with Crippen LogP contribution in [0.1, 0.15) is 272 Å². The second-order valence-electron chi connectivity index (χ2n) is 27.8. The van der Waals surface area contributed by atoms with E-state index in [1.165, 1.54) is 117 Å². The molecule has 0 amide bonds. The van der Waals surface area contributed by atoms with E-state index in [-0.39, 0.29) is 10.5 Å². The van der Waals surface area contributed by atoms with Gasteiger partial charge in [-0.15, -0.1) is 0 Å². The highest BCUT2D eigenvalue weighted by atomic mass is 28.3. The van der Waals surface area contributed by atoms with Gasteiger partial charge in [0.2, 0.25) is 0 Å². The fraction of sp³-hybridized carbons (Fsp3) is 0.455. The van der Waals surface area contributed by atoms with Crippen LogP contribution in [-0.4, -0.2) is 8.80 Å². The van der Waals surface area contributed by atoms with E-state index in [4.69, 9.17) is 0 Å². The summed E-state index contributed by atoms with van der Waals surface area (Å²) in [5, 5.41) is 1.70. The Hall–Kier alpha value is -5.24. The number of rotatable bonds is 17. The minimum atomic E-state index is -1.22. The lowest BCUT2D eigenvalue weighted by molar-refractivity contribution is 0.589. The van der Waals surface area contributed by atoms with Crippen LogP contribution < -0.4 is 5.19 Å². The van der Waals surface area contributed by atoms with Crippen molar-refractivity contribution >= 4 is 14.0 Å². The Balaban J connectivity index is 1.71. The van der Waals surface area contributed by atoms with Gasteiger partial charge in [0.15, 0.2) is 0 Å². The van der Waals surface area contributed by atoms with E-state index in [1.807, 2.05) is 0 Å². The molecule has 0 aliphatic heterocycles. The first-order valence-corrected chi connectivity index (χ1v) is 32.3. The molecule has 7 aromatic carbocycles. The third kappa shape index (κ3) is 12.4. The predicted molar refractivity (Wildman–Crippen MR) is 349 cm³/mol. The van der Waals surface area contributed by atoms with Crippen molar-refractivity contribution in [1.82, 2.24) is 0 Å². The van der Waals surface area contributed by atoms with Crippen LogP contribution in [-0.2, 0) is 18.3 Å². The normalized spacial score (nSPS) is 12.7. The molecule has 0 fully saturated rings. The van der Waals surface area contributed by atoms with Gasteiger partial charge in [-0.1, -0.05) is 285 Å². The maximum atomic E-state index is 2.69. The molecule has 0 bridgehead atoms. The minimum absolute atomic E-state index is 0.0797. The molecule has 0 saturated carbocycles. The Morgan fingerprint density at radius 2 is 0.526 bits per heavy atom. The first kappa shape index (κ1) is 60.4. The van der Waals surface area contributed by atoms with E-state index in [9.17, 15) is 0 Å². The molecule has 0 aromatic heterocycles. The zero-order valence-corrected chi connectivity index (χ0v) is 54.1. The van der Waals surface area contributed by atoms with Crippen LogP contribution in [0.5, 0.6) is 0 Å². The lowest BCUT2D eigenvalue weighted by Gasteiger charge is -2.34. The highest BCUT2D eigenvalue weighted by molar-refractivity contribution is 6.75. The molecular weight excluding hydrogens is 953 g/mol. The van der Waals surface area contributed by atoms with Gasteiger partial charge >= 0.3 is 0 Å². The molecule has 0 aliphatic carbocycles. The summed E-state index contributed by atoms with van der Waals surface area (Å²) >= 11 is 0. The molecule has 0 saturated heterocycles. The first-order valence-electron chi connectivity index (χ1n) is 30.3. The van der Waals surface area contributed by atoms with Crippen molar-refractivity contribution in [3.8, 4) is 44.5 Å². The molecule has 7 rings (SSSR count). The Bertz CT molecular complexity index is 2750. The minimum Gasteiger partial charge on any atom is -0.0665 e. The number of hydrogen-bond donors (Lipinski definition) is 0. The smallest absolute Gasteiger partial charge is 0.0665 e. The van der Waals surface area contributed by atoms with Crippen molar-refractivity contribution < 1.29 is 0 Å². The van der Waals surface area contributed by atoms with E-state index >= 15 is 0 Å². The molecular formula is C77H101Si. The average molecular weight is 1050 g/mol. The molecule has 1 radical (unpaired) electrons. The van der Waals surface area contributed by atoms with Gasteiger partial charge in [-0.05, 0) is 187 Å². The predicted octanol–water partition coefficient (Wildman–Crippen LogP) is 23.0. The summed E-state index contributed by atoms with van der Waals surface area (Å²) in [7, 11) is -1.22. The van der Waals surface area contributed by atoms with Gasteiger partial charge in [-0.3, -0.25) is 0 Å². The number of hydrogen-bond acceptors (Lipinski definition) is 0. The zero-order valence-electron chi connectivity index (χ0n) is 53.1. The maximum Gasteiger partial charge on any atom is 0.0888 e. The van der Waals surface area contributed by atoms with Crippen LogP contribution in [0.4, 0.5) is 0 Å². The largest absolute Gasteiger partial charge is 0.0888 e. The summed E-state index contributed by atoms with van der Waals surface area (Å²) in [5.41, 5.74) is 30.1. The van der Waals surface area contributed by atoms with Crippen LogP contribution >= 0.6 is 0 Å². The van der Waals surface area contributed by atoms with Gasteiger partial charge in [0.1, 0.15) is 0 Å². The van der Waals surface area contributed by atoms with Crippen molar-refractivity contribution in [3.05, 3.63) is 194 Å². The first-order chi connectivity index (χ1) is 36.6. The standard InChI is InChI=1S/C77H101Si/c1-46(2)57-30-24-31-58(47(3)4)71(57)65-38-28-39-66(72-59(48(5)6)32-25-33-60(72)49(7)8)69(65)44-54-42-56(76(17,18)19)43-55(75(54)78(23)77(20,21)22)45-70-67(73-61(50(9)10)34-26-35-62(73)51(11)12)40-29-41-68(70)74-63(52(13)14)36-27-37-64(74)53(15)16/h24-43,46-53H,44-45H2,1-23H3. The summed E-state index contributed by atoms with van der Waals surface area (Å²) in [6, 6.07) is 48.7. The molecule has 0 unspecified atom stereocenters. The quantitative estimate of drug-likeness (QED) is 0.0798. The van der Waals surface area contributed by atoms with Gasteiger partial charge in [-0.25, -0.2) is 0 Å². The van der Waals surface area contributed by atoms with Gasteiger partial charge in [0.25, 0.3) is 0 Å². The lowest BCUT2D eigenvalue weighted by atomic mass is 9.76. The van der Waals surface area contributed by atoms with Crippen LogP contribution in [0.15, 0.2) is 121 Å².